The van der Waals surface area contributed by atoms with Gasteiger partial charge in [-0.2, -0.15) is 0 Å². The van der Waals surface area contributed by atoms with E-state index in [9.17, 15) is 9.59 Å². The van der Waals surface area contributed by atoms with Crippen molar-refractivity contribution in [3.05, 3.63) is 35.5 Å². The maximum Gasteiger partial charge on any atom is 0.224 e. The highest BCUT2D eigenvalue weighted by Crippen LogP contribution is 2.64. The molecular formula is C22H27ClO2. The Morgan fingerprint density at radius 3 is 2.76 bits per heavy atom. The third-order valence-corrected chi connectivity index (χ3v) is 8.32. The van der Waals surface area contributed by atoms with Crippen molar-refractivity contribution in [2.75, 3.05) is 0 Å². The number of fused-ring (bicyclic) bond motifs is 5. The maximum absolute atomic E-state index is 11.8. The molecule has 6 atom stereocenters. The van der Waals surface area contributed by atoms with E-state index in [1.807, 2.05) is 13.0 Å². The minimum atomic E-state index is -0.184. The smallest absolute Gasteiger partial charge is 0.224 e. The lowest BCUT2D eigenvalue weighted by Crippen LogP contribution is -2.44. The van der Waals surface area contributed by atoms with Gasteiger partial charge in [0.15, 0.2) is 5.78 Å². The van der Waals surface area contributed by atoms with Crippen LogP contribution in [0.1, 0.15) is 52.9 Å². The lowest BCUT2D eigenvalue weighted by molar-refractivity contribution is -0.117. The topological polar surface area (TPSA) is 34.1 Å². The van der Waals surface area contributed by atoms with Gasteiger partial charge >= 0.3 is 0 Å². The fourth-order valence-corrected chi connectivity index (χ4v) is 6.69. The largest absolute Gasteiger partial charge is 0.290 e. The molecular weight excluding hydrogens is 332 g/mol. The van der Waals surface area contributed by atoms with E-state index in [0.717, 1.165) is 25.7 Å². The van der Waals surface area contributed by atoms with Crippen LogP contribution in [-0.4, -0.2) is 11.0 Å². The summed E-state index contributed by atoms with van der Waals surface area (Å²) in [4.78, 5) is 23.6. The van der Waals surface area contributed by atoms with Gasteiger partial charge in [0.05, 0.1) is 0 Å². The van der Waals surface area contributed by atoms with Gasteiger partial charge in [-0.15, -0.1) is 0 Å². The molecule has 0 spiro atoms. The second-order valence-corrected chi connectivity index (χ2v) is 9.38. The van der Waals surface area contributed by atoms with Crippen molar-refractivity contribution in [1.82, 2.24) is 0 Å². The number of ketones is 1. The molecule has 3 heteroatoms. The third kappa shape index (κ3) is 2.36. The van der Waals surface area contributed by atoms with Crippen LogP contribution in [0, 0.1) is 34.5 Å². The summed E-state index contributed by atoms with van der Waals surface area (Å²) in [6, 6.07) is 0. The van der Waals surface area contributed by atoms with Crippen molar-refractivity contribution in [2.24, 2.45) is 34.5 Å². The zero-order valence-electron chi connectivity index (χ0n) is 15.3. The van der Waals surface area contributed by atoms with Crippen molar-refractivity contribution >= 4 is 22.6 Å². The van der Waals surface area contributed by atoms with E-state index in [2.05, 4.69) is 26.0 Å². The van der Waals surface area contributed by atoms with Crippen LogP contribution in [0.4, 0.5) is 0 Å². The highest BCUT2D eigenvalue weighted by Gasteiger charge is 2.56. The quantitative estimate of drug-likeness (QED) is 0.500. The van der Waals surface area contributed by atoms with Gasteiger partial charge in [-0.05, 0) is 85.9 Å². The fraction of sp³-hybridized carbons (Fsp3) is 0.636. The lowest BCUT2D eigenvalue weighted by Gasteiger charge is -2.52. The van der Waals surface area contributed by atoms with E-state index in [1.165, 1.54) is 17.6 Å². The number of rotatable bonds is 2. The Labute approximate surface area is 155 Å². The molecule has 25 heavy (non-hydrogen) atoms. The van der Waals surface area contributed by atoms with Crippen LogP contribution in [0.3, 0.4) is 0 Å². The number of hydrogen-bond donors (Lipinski definition) is 0. The molecule has 0 amide bonds. The summed E-state index contributed by atoms with van der Waals surface area (Å²) in [5.41, 5.74) is 2.89. The third-order valence-electron chi connectivity index (χ3n) is 7.98. The first kappa shape index (κ1) is 17.3. The summed E-state index contributed by atoms with van der Waals surface area (Å²) in [6.07, 6.45) is 13.6. The highest BCUT2D eigenvalue weighted by atomic mass is 35.5. The summed E-state index contributed by atoms with van der Waals surface area (Å²) in [7, 11) is 0. The maximum atomic E-state index is 11.8. The molecule has 0 aliphatic heterocycles. The number of hydrogen-bond acceptors (Lipinski definition) is 2. The van der Waals surface area contributed by atoms with Crippen molar-refractivity contribution in [3.8, 4) is 0 Å². The zero-order valence-corrected chi connectivity index (χ0v) is 16.1. The van der Waals surface area contributed by atoms with Crippen molar-refractivity contribution in [3.63, 3.8) is 0 Å². The van der Waals surface area contributed by atoms with Crippen LogP contribution in [0.15, 0.2) is 35.5 Å². The van der Waals surface area contributed by atoms with Crippen molar-refractivity contribution in [2.45, 2.75) is 52.9 Å². The van der Waals surface area contributed by atoms with Crippen LogP contribution in [-0.2, 0) is 9.59 Å². The van der Waals surface area contributed by atoms with Gasteiger partial charge in [0.25, 0.3) is 0 Å². The minimum Gasteiger partial charge on any atom is -0.290 e. The summed E-state index contributed by atoms with van der Waals surface area (Å²) in [5, 5.41) is -0.184. The molecule has 0 radical (unpaired) electrons. The van der Waals surface area contributed by atoms with Gasteiger partial charge in [-0.25, -0.2) is 0 Å². The van der Waals surface area contributed by atoms with Gasteiger partial charge in [-0.1, -0.05) is 37.1 Å². The zero-order chi connectivity index (χ0) is 18.0. The molecule has 0 aromatic carbocycles. The van der Waals surface area contributed by atoms with Crippen molar-refractivity contribution < 1.29 is 9.59 Å². The second-order valence-electron chi connectivity index (χ2n) is 9.01. The monoisotopic (exact) mass is 358 g/mol. The molecule has 0 bridgehead atoms. The average Bonchev–Trinajstić information content (AvgIpc) is 2.92. The van der Waals surface area contributed by atoms with E-state index in [1.54, 1.807) is 6.08 Å². The van der Waals surface area contributed by atoms with Gasteiger partial charge in [0.2, 0.25) is 5.24 Å². The molecule has 2 fully saturated rings. The molecule has 0 heterocycles. The van der Waals surface area contributed by atoms with E-state index >= 15 is 0 Å². The Balaban J connectivity index is 1.72. The number of carbonyl (C=O) groups is 2. The summed E-state index contributed by atoms with van der Waals surface area (Å²) in [6.45, 7) is 6.66. The first-order valence-corrected chi connectivity index (χ1v) is 9.99. The number of allylic oxidation sites excluding steroid dienone is 6. The van der Waals surface area contributed by atoms with Gasteiger partial charge < -0.3 is 0 Å². The lowest BCUT2D eigenvalue weighted by atomic mass is 9.51. The molecule has 0 aromatic heterocycles. The SMILES string of the molecule is CC(C(=O)Cl)[C@H]1CC[C@H]2[C@@H]3CCC4=CC(=O)C=C[C@]4(C)C3=CC[C@]12C. The first-order valence-electron chi connectivity index (χ1n) is 9.61. The Kier molecular flexibility index (Phi) is 3.92. The Morgan fingerprint density at radius 2 is 2.04 bits per heavy atom. The molecule has 0 saturated heterocycles. The van der Waals surface area contributed by atoms with Gasteiger partial charge in [0.1, 0.15) is 0 Å². The molecule has 4 rings (SSSR count). The van der Waals surface area contributed by atoms with Crippen LogP contribution in [0.5, 0.6) is 0 Å². The van der Waals surface area contributed by atoms with Crippen molar-refractivity contribution in [1.29, 1.82) is 0 Å². The molecule has 1 unspecified atom stereocenters. The molecule has 4 aliphatic rings. The summed E-state index contributed by atoms with van der Waals surface area (Å²) < 4.78 is 0. The molecule has 0 N–H and O–H groups in total. The minimum absolute atomic E-state index is 0.0616. The Morgan fingerprint density at radius 1 is 1.28 bits per heavy atom. The van der Waals surface area contributed by atoms with Crippen LogP contribution in [0.25, 0.3) is 0 Å². The van der Waals surface area contributed by atoms with E-state index in [0.29, 0.717) is 17.8 Å². The van der Waals surface area contributed by atoms with E-state index in [-0.39, 0.29) is 27.8 Å². The summed E-state index contributed by atoms with van der Waals surface area (Å²) in [5.74, 6) is 1.64. The average molecular weight is 359 g/mol. The molecule has 2 nitrogen and oxygen atoms in total. The van der Waals surface area contributed by atoms with Crippen LogP contribution < -0.4 is 0 Å². The number of halogens is 1. The normalized spacial score (nSPS) is 43.5. The Hall–Kier alpha value is -1.15. The van der Waals surface area contributed by atoms with Gasteiger partial charge in [0, 0.05) is 11.3 Å². The summed E-state index contributed by atoms with van der Waals surface area (Å²) >= 11 is 5.86. The Bertz CT molecular complexity index is 730. The van der Waals surface area contributed by atoms with E-state index < -0.39 is 0 Å². The van der Waals surface area contributed by atoms with E-state index in [4.69, 9.17) is 11.6 Å². The van der Waals surface area contributed by atoms with Crippen LogP contribution in [0.2, 0.25) is 0 Å². The molecule has 134 valence electrons. The van der Waals surface area contributed by atoms with Crippen LogP contribution >= 0.6 is 11.6 Å². The predicted molar refractivity (Wildman–Crippen MR) is 100 cm³/mol. The number of carbonyl (C=O) groups excluding carboxylic acids is 2. The second kappa shape index (κ2) is 5.67. The molecule has 4 aliphatic carbocycles. The standard InChI is InChI=1S/C22H27ClO2/c1-13(20(23)25)17-6-7-18-16-5-4-14-12-15(24)8-10-21(14,2)19(16)9-11-22(17,18)3/h8-10,12-13,16-18H,4-7,11H2,1-3H3/t13?,16-,17+,18-,21-,22+/m0/s1. The predicted octanol–water partition coefficient (Wildman–Crippen LogP) is 5.23. The highest BCUT2D eigenvalue weighted by molar-refractivity contribution is 6.63. The van der Waals surface area contributed by atoms with Gasteiger partial charge in [-0.3, -0.25) is 9.59 Å². The molecule has 2 saturated carbocycles. The molecule has 0 aromatic rings. The fourth-order valence-electron chi connectivity index (χ4n) is 6.54. The first-order chi connectivity index (χ1) is 11.8.